The number of nitrogens with zero attached hydrogens (tertiary/aromatic N) is 6. The van der Waals surface area contributed by atoms with E-state index in [2.05, 4.69) is 10.2 Å². The minimum absolute atomic E-state index is 0.0484. The first kappa shape index (κ1) is 14.2. The van der Waals surface area contributed by atoms with Gasteiger partial charge < -0.3 is 4.90 Å². The Labute approximate surface area is 133 Å². The van der Waals surface area contributed by atoms with Gasteiger partial charge in [0, 0.05) is 32.4 Å². The summed E-state index contributed by atoms with van der Waals surface area (Å²) >= 11 is 0. The van der Waals surface area contributed by atoms with E-state index < -0.39 is 0 Å². The van der Waals surface area contributed by atoms with Crippen molar-refractivity contribution in [3.63, 3.8) is 0 Å². The van der Waals surface area contributed by atoms with Crippen LogP contribution in [0, 0.1) is 12.8 Å². The highest BCUT2D eigenvalue weighted by Crippen LogP contribution is 2.29. The van der Waals surface area contributed by atoms with Gasteiger partial charge in [0.05, 0.1) is 6.54 Å². The van der Waals surface area contributed by atoms with Crippen LogP contribution in [0.25, 0.3) is 0 Å². The summed E-state index contributed by atoms with van der Waals surface area (Å²) in [5.41, 5.74) is 1.34. The Balaban J connectivity index is 1.56. The second-order valence-electron chi connectivity index (χ2n) is 6.50. The van der Waals surface area contributed by atoms with Crippen LogP contribution < -0.4 is 5.69 Å². The first-order chi connectivity index (χ1) is 11.0. The molecule has 0 N–H and O–H groups in total. The second-order valence-corrected chi connectivity index (χ2v) is 6.50. The van der Waals surface area contributed by atoms with E-state index in [9.17, 15) is 9.59 Å². The van der Waals surface area contributed by atoms with E-state index in [1.54, 1.807) is 24.9 Å². The van der Waals surface area contributed by atoms with Gasteiger partial charge in [0.1, 0.15) is 0 Å². The van der Waals surface area contributed by atoms with Gasteiger partial charge in [-0.2, -0.15) is 10.2 Å². The van der Waals surface area contributed by atoms with E-state index in [1.165, 1.54) is 12.8 Å². The van der Waals surface area contributed by atoms with Crippen molar-refractivity contribution < 1.29 is 4.79 Å². The number of aryl methyl sites for hydroxylation is 2. The van der Waals surface area contributed by atoms with Crippen LogP contribution >= 0.6 is 0 Å². The largest absolute Gasteiger partial charge is 0.346 e. The fourth-order valence-electron chi connectivity index (χ4n) is 2.96. The summed E-state index contributed by atoms with van der Waals surface area (Å²) in [5.74, 6) is 1.16. The van der Waals surface area contributed by atoms with Gasteiger partial charge in [0.25, 0.3) is 5.91 Å². The van der Waals surface area contributed by atoms with Crippen molar-refractivity contribution in [3.8, 4) is 0 Å². The molecule has 0 spiro atoms. The third-order valence-corrected chi connectivity index (χ3v) is 4.67. The summed E-state index contributed by atoms with van der Waals surface area (Å²) in [6.45, 7) is 3.98. The smallest absolute Gasteiger partial charge is 0.328 e. The minimum Gasteiger partial charge on any atom is -0.328 e. The number of amides is 1. The Morgan fingerprint density at radius 3 is 2.74 bits per heavy atom. The lowest BCUT2D eigenvalue weighted by atomic mass is 10.3. The van der Waals surface area contributed by atoms with Gasteiger partial charge in [-0.25, -0.2) is 9.48 Å². The van der Waals surface area contributed by atoms with Crippen LogP contribution in [0.2, 0.25) is 0 Å². The maximum absolute atomic E-state index is 12.6. The van der Waals surface area contributed by atoms with Gasteiger partial charge in [0.15, 0.2) is 11.5 Å². The van der Waals surface area contributed by atoms with Crippen molar-refractivity contribution >= 4 is 5.91 Å². The van der Waals surface area contributed by atoms with Crippen LogP contribution in [0.3, 0.4) is 0 Å². The number of rotatable bonds is 3. The van der Waals surface area contributed by atoms with E-state index in [4.69, 9.17) is 0 Å². The number of carbonyl (C=O) groups excluding carboxylic acids is 1. The van der Waals surface area contributed by atoms with Gasteiger partial charge in [-0.05, 0) is 31.7 Å². The van der Waals surface area contributed by atoms with Crippen molar-refractivity contribution in [3.05, 3.63) is 33.8 Å². The van der Waals surface area contributed by atoms with Gasteiger partial charge in [-0.15, -0.1) is 0 Å². The van der Waals surface area contributed by atoms with E-state index in [0.717, 1.165) is 5.69 Å². The van der Waals surface area contributed by atoms with Crippen LogP contribution in [0.4, 0.5) is 0 Å². The van der Waals surface area contributed by atoms with E-state index in [0.29, 0.717) is 43.6 Å². The van der Waals surface area contributed by atoms with Crippen molar-refractivity contribution in [2.75, 3.05) is 6.54 Å². The van der Waals surface area contributed by atoms with E-state index in [1.807, 2.05) is 14.0 Å². The molecular weight excluding hydrogens is 296 g/mol. The Bertz CT molecular complexity index is 806. The molecule has 4 rings (SSSR count). The number of fused-ring (bicyclic) bond motifs is 1. The zero-order valence-electron chi connectivity index (χ0n) is 13.4. The standard InChI is InChI=1S/C15H20N6O2/c1-10-7-12(16-18(10)2)14(22)19-5-6-20-13(9-19)17-21(15(20)23)8-11-3-4-11/h7,11H,3-6,8-9H2,1-2H3. The highest BCUT2D eigenvalue weighted by atomic mass is 16.2. The molecule has 0 atom stereocenters. The quantitative estimate of drug-likeness (QED) is 0.808. The summed E-state index contributed by atoms with van der Waals surface area (Å²) < 4.78 is 4.94. The molecule has 23 heavy (non-hydrogen) atoms. The first-order valence-corrected chi connectivity index (χ1v) is 7.99. The van der Waals surface area contributed by atoms with Gasteiger partial charge >= 0.3 is 5.69 Å². The molecule has 2 aromatic heterocycles. The Morgan fingerprint density at radius 1 is 1.30 bits per heavy atom. The molecule has 8 nitrogen and oxygen atoms in total. The number of carbonyl (C=O) groups is 1. The molecule has 0 radical (unpaired) electrons. The van der Waals surface area contributed by atoms with Gasteiger partial charge in [-0.1, -0.05) is 0 Å². The Morgan fingerprint density at radius 2 is 2.09 bits per heavy atom. The van der Waals surface area contributed by atoms with Crippen LogP contribution in [-0.4, -0.2) is 41.5 Å². The van der Waals surface area contributed by atoms with Crippen LogP contribution in [-0.2, 0) is 26.7 Å². The third kappa shape index (κ3) is 2.47. The SMILES string of the molecule is Cc1cc(C(=O)N2CCn3c(nn(CC4CC4)c3=O)C2)nn1C. The van der Waals surface area contributed by atoms with E-state index in [-0.39, 0.29) is 11.6 Å². The molecule has 0 unspecified atom stereocenters. The topological polar surface area (TPSA) is 78.0 Å². The normalized spacial score (nSPS) is 17.4. The molecule has 2 aliphatic rings. The Hall–Kier alpha value is -2.38. The zero-order chi connectivity index (χ0) is 16.1. The molecule has 122 valence electrons. The number of aromatic nitrogens is 5. The predicted molar refractivity (Wildman–Crippen MR) is 81.9 cm³/mol. The average Bonchev–Trinajstić information content (AvgIpc) is 3.22. The van der Waals surface area contributed by atoms with Crippen molar-refractivity contribution in [2.45, 2.75) is 39.4 Å². The first-order valence-electron chi connectivity index (χ1n) is 7.99. The zero-order valence-corrected chi connectivity index (χ0v) is 13.4. The summed E-state index contributed by atoms with van der Waals surface area (Å²) in [6.07, 6.45) is 2.36. The average molecular weight is 316 g/mol. The van der Waals surface area contributed by atoms with E-state index >= 15 is 0 Å². The summed E-state index contributed by atoms with van der Waals surface area (Å²) in [7, 11) is 1.82. The molecular formula is C15H20N6O2. The molecule has 1 amide bonds. The lowest BCUT2D eigenvalue weighted by Gasteiger charge is -2.25. The monoisotopic (exact) mass is 316 g/mol. The molecule has 3 heterocycles. The summed E-state index contributed by atoms with van der Waals surface area (Å²) in [5, 5.41) is 8.67. The molecule has 8 heteroatoms. The molecule has 1 fully saturated rings. The van der Waals surface area contributed by atoms with Gasteiger partial charge in [-0.3, -0.25) is 14.0 Å². The summed E-state index contributed by atoms with van der Waals surface area (Å²) in [4.78, 5) is 26.6. The number of hydrogen-bond donors (Lipinski definition) is 0. The van der Waals surface area contributed by atoms with Crippen molar-refractivity contribution in [1.82, 2.24) is 29.0 Å². The van der Waals surface area contributed by atoms with Crippen molar-refractivity contribution in [1.29, 1.82) is 0 Å². The molecule has 2 aromatic rings. The molecule has 1 aliphatic carbocycles. The maximum Gasteiger partial charge on any atom is 0.346 e. The molecule has 1 aliphatic heterocycles. The molecule has 0 bridgehead atoms. The van der Waals surface area contributed by atoms with Crippen LogP contribution in [0.5, 0.6) is 0 Å². The Kier molecular flexibility index (Phi) is 3.14. The minimum atomic E-state index is -0.107. The molecule has 0 aromatic carbocycles. The fourth-order valence-corrected chi connectivity index (χ4v) is 2.96. The lowest BCUT2D eigenvalue weighted by Crippen LogP contribution is -2.41. The third-order valence-electron chi connectivity index (χ3n) is 4.67. The van der Waals surface area contributed by atoms with Crippen molar-refractivity contribution in [2.24, 2.45) is 13.0 Å². The second kappa shape index (κ2) is 5.07. The van der Waals surface area contributed by atoms with Crippen LogP contribution in [0.1, 0.15) is 34.8 Å². The lowest BCUT2D eigenvalue weighted by molar-refractivity contribution is 0.0699. The molecule has 0 saturated heterocycles. The highest BCUT2D eigenvalue weighted by molar-refractivity contribution is 5.92. The van der Waals surface area contributed by atoms with Crippen LogP contribution in [0.15, 0.2) is 10.9 Å². The predicted octanol–water partition coefficient (Wildman–Crippen LogP) is 0.153. The highest BCUT2D eigenvalue weighted by Gasteiger charge is 2.29. The fraction of sp³-hybridized carbons (Fsp3) is 0.600. The van der Waals surface area contributed by atoms with Gasteiger partial charge in [0.2, 0.25) is 0 Å². The summed E-state index contributed by atoms with van der Waals surface area (Å²) in [6, 6.07) is 1.79. The number of hydrogen-bond acceptors (Lipinski definition) is 4. The maximum atomic E-state index is 12.6. The molecule has 1 saturated carbocycles.